The average Bonchev–Trinajstić information content (AvgIpc) is 2.38. The van der Waals surface area contributed by atoms with Crippen LogP contribution < -0.4 is 5.32 Å². The lowest BCUT2D eigenvalue weighted by molar-refractivity contribution is -0.133. The number of anilines is 1. The van der Waals surface area contributed by atoms with E-state index in [1.165, 1.54) is 0 Å². The lowest BCUT2D eigenvalue weighted by Crippen LogP contribution is -2.43. The number of rotatable bonds is 3. The van der Waals surface area contributed by atoms with Gasteiger partial charge in [-0.05, 0) is 12.1 Å². The molecule has 0 unspecified atom stereocenters. The molecule has 0 aromatic heterocycles. The average molecular weight is 368 g/mol. The first kappa shape index (κ1) is 14.9. The second-order valence-electron chi connectivity index (χ2n) is 4.09. The maximum Gasteiger partial charge on any atom is 0.242 e. The molecule has 1 N–H and O–H groups in total. The largest absolute Gasteiger partial charge is 0.378 e. The standard InChI is InChI=1S/C12H13BrCl2N2O2/c13-8-5-9(14)12(10(15)6-8)16-7-11(18)17-1-3-19-4-2-17/h5-6,16H,1-4,7H2. The predicted molar refractivity (Wildman–Crippen MR) is 80.1 cm³/mol. The van der Waals surface area contributed by atoms with Gasteiger partial charge in [0.2, 0.25) is 5.91 Å². The molecule has 0 spiro atoms. The molecular formula is C12H13BrCl2N2O2. The van der Waals surface area contributed by atoms with Crippen LogP contribution in [0.5, 0.6) is 0 Å². The topological polar surface area (TPSA) is 41.6 Å². The molecule has 1 heterocycles. The molecule has 0 bridgehead atoms. The number of hydrogen-bond donors (Lipinski definition) is 1. The molecule has 0 aliphatic carbocycles. The number of nitrogens with one attached hydrogen (secondary N) is 1. The Labute approximate surface area is 130 Å². The van der Waals surface area contributed by atoms with E-state index in [2.05, 4.69) is 21.2 Å². The predicted octanol–water partition coefficient (Wildman–Crippen LogP) is 3.03. The summed E-state index contributed by atoms with van der Waals surface area (Å²) in [7, 11) is 0. The van der Waals surface area contributed by atoms with Crippen molar-refractivity contribution in [1.29, 1.82) is 0 Å². The molecule has 1 aliphatic rings. The minimum Gasteiger partial charge on any atom is -0.378 e. The molecule has 4 nitrogen and oxygen atoms in total. The van der Waals surface area contributed by atoms with Crippen LogP contribution in [0.15, 0.2) is 16.6 Å². The SMILES string of the molecule is O=C(CNc1c(Cl)cc(Br)cc1Cl)N1CCOCC1. The van der Waals surface area contributed by atoms with Crippen LogP contribution in [0.1, 0.15) is 0 Å². The molecule has 1 amide bonds. The molecule has 1 fully saturated rings. The van der Waals surface area contributed by atoms with Gasteiger partial charge in [0.1, 0.15) is 0 Å². The zero-order valence-electron chi connectivity index (χ0n) is 10.1. The maximum atomic E-state index is 12.0. The van der Waals surface area contributed by atoms with Gasteiger partial charge < -0.3 is 15.0 Å². The summed E-state index contributed by atoms with van der Waals surface area (Å²) >= 11 is 15.5. The number of hydrogen-bond acceptors (Lipinski definition) is 3. The Hall–Kier alpha value is -0.490. The Balaban J connectivity index is 1.96. The van der Waals surface area contributed by atoms with Crippen molar-refractivity contribution in [3.8, 4) is 0 Å². The third-order valence-corrected chi connectivity index (χ3v) is 3.84. The van der Waals surface area contributed by atoms with Crippen molar-refractivity contribution in [1.82, 2.24) is 4.90 Å². The van der Waals surface area contributed by atoms with E-state index < -0.39 is 0 Å². The van der Waals surface area contributed by atoms with Gasteiger partial charge in [0.25, 0.3) is 0 Å². The monoisotopic (exact) mass is 366 g/mol. The van der Waals surface area contributed by atoms with Gasteiger partial charge in [-0.25, -0.2) is 0 Å². The van der Waals surface area contributed by atoms with E-state index >= 15 is 0 Å². The van der Waals surface area contributed by atoms with Crippen LogP contribution in [-0.2, 0) is 9.53 Å². The van der Waals surface area contributed by atoms with E-state index in [0.29, 0.717) is 42.0 Å². The molecule has 1 saturated heterocycles. The lowest BCUT2D eigenvalue weighted by atomic mass is 10.3. The van der Waals surface area contributed by atoms with Gasteiger partial charge in [0.05, 0.1) is 35.5 Å². The normalized spacial score (nSPS) is 15.4. The van der Waals surface area contributed by atoms with Crippen molar-refractivity contribution in [3.63, 3.8) is 0 Å². The minimum absolute atomic E-state index is 0.0124. The molecular weight excluding hydrogens is 355 g/mol. The summed E-state index contributed by atoms with van der Waals surface area (Å²) in [5.74, 6) is 0.0124. The third-order valence-electron chi connectivity index (χ3n) is 2.79. The van der Waals surface area contributed by atoms with Gasteiger partial charge in [-0.15, -0.1) is 0 Å². The molecule has 104 valence electrons. The Kier molecular flexibility index (Phi) is 5.33. The third kappa shape index (κ3) is 3.99. The van der Waals surface area contributed by atoms with Gasteiger partial charge in [0, 0.05) is 17.6 Å². The highest BCUT2D eigenvalue weighted by atomic mass is 79.9. The zero-order chi connectivity index (χ0) is 13.8. The molecule has 0 radical (unpaired) electrons. The Morgan fingerprint density at radius 1 is 1.32 bits per heavy atom. The van der Waals surface area contributed by atoms with Gasteiger partial charge in [0.15, 0.2) is 0 Å². The highest BCUT2D eigenvalue weighted by molar-refractivity contribution is 9.10. The number of nitrogens with zero attached hydrogens (tertiary/aromatic N) is 1. The lowest BCUT2D eigenvalue weighted by Gasteiger charge is -2.27. The fourth-order valence-corrected chi connectivity index (χ4v) is 3.14. The maximum absolute atomic E-state index is 12.0. The van der Waals surface area contributed by atoms with Crippen molar-refractivity contribution in [2.75, 3.05) is 38.2 Å². The number of amides is 1. The van der Waals surface area contributed by atoms with Crippen molar-refractivity contribution in [3.05, 3.63) is 26.7 Å². The smallest absolute Gasteiger partial charge is 0.242 e. The van der Waals surface area contributed by atoms with Crippen LogP contribution in [0, 0.1) is 0 Å². The summed E-state index contributed by atoms with van der Waals surface area (Å²) in [5, 5.41) is 3.95. The van der Waals surface area contributed by atoms with Crippen LogP contribution in [0.2, 0.25) is 10.0 Å². The second kappa shape index (κ2) is 6.79. The van der Waals surface area contributed by atoms with Crippen LogP contribution in [-0.4, -0.2) is 43.7 Å². The van der Waals surface area contributed by atoms with Crippen LogP contribution in [0.25, 0.3) is 0 Å². The number of benzene rings is 1. The summed E-state index contributed by atoms with van der Waals surface area (Å²) < 4.78 is 6.00. The number of carbonyl (C=O) groups is 1. The van der Waals surface area contributed by atoms with Crippen molar-refractivity contribution < 1.29 is 9.53 Å². The highest BCUT2D eigenvalue weighted by Gasteiger charge is 2.17. The number of carbonyl (C=O) groups excluding carboxylic acids is 1. The van der Waals surface area contributed by atoms with E-state index in [-0.39, 0.29) is 12.5 Å². The summed E-state index contributed by atoms with van der Waals surface area (Å²) in [5.41, 5.74) is 0.577. The highest BCUT2D eigenvalue weighted by Crippen LogP contribution is 2.33. The fourth-order valence-electron chi connectivity index (χ4n) is 1.80. The van der Waals surface area contributed by atoms with Gasteiger partial charge in [-0.2, -0.15) is 0 Å². The molecule has 1 aliphatic heterocycles. The van der Waals surface area contributed by atoms with Crippen LogP contribution in [0.4, 0.5) is 5.69 Å². The molecule has 2 rings (SSSR count). The Bertz CT molecular complexity index is 456. The van der Waals surface area contributed by atoms with E-state index in [0.717, 1.165) is 4.47 Å². The van der Waals surface area contributed by atoms with Crippen LogP contribution in [0.3, 0.4) is 0 Å². The molecule has 19 heavy (non-hydrogen) atoms. The summed E-state index contributed by atoms with van der Waals surface area (Å²) in [6.45, 7) is 2.60. The molecule has 1 aromatic carbocycles. The van der Waals surface area contributed by atoms with E-state index in [1.807, 2.05) is 0 Å². The van der Waals surface area contributed by atoms with Gasteiger partial charge in [-0.3, -0.25) is 4.79 Å². The molecule has 0 atom stereocenters. The quantitative estimate of drug-likeness (QED) is 0.892. The molecule has 1 aromatic rings. The van der Waals surface area contributed by atoms with Crippen molar-refractivity contribution in [2.45, 2.75) is 0 Å². The van der Waals surface area contributed by atoms with Crippen LogP contribution >= 0.6 is 39.1 Å². The minimum atomic E-state index is 0.0124. The first-order valence-electron chi connectivity index (χ1n) is 5.82. The fraction of sp³-hybridized carbons (Fsp3) is 0.417. The molecule has 7 heteroatoms. The summed E-state index contributed by atoms with van der Waals surface area (Å²) in [6.07, 6.45) is 0. The number of morpholine rings is 1. The first-order chi connectivity index (χ1) is 9.08. The Morgan fingerprint density at radius 2 is 1.89 bits per heavy atom. The summed E-state index contributed by atoms with van der Waals surface area (Å²) in [4.78, 5) is 13.7. The number of halogens is 3. The number of ether oxygens (including phenoxy) is 1. The molecule has 0 saturated carbocycles. The van der Waals surface area contributed by atoms with Crippen molar-refractivity contribution >= 4 is 50.7 Å². The van der Waals surface area contributed by atoms with Crippen molar-refractivity contribution in [2.24, 2.45) is 0 Å². The Morgan fingerprint density at radius 3 is 2.47 bits per heavy atom. The zero-order valence-corrected chi connectivity index (χ0v) is 13.2. The summed E-state index contributed by atoms with van der Waals surface area (Å²) in [6, 6.07) is 3.46. The van der Waals surface area contributed by atoms with E-state index in [9.17, 15) is 4.79 Å². The van der Waals surface area contributed by atoms with E-state index in [1.54, 1.807) is 17.0 Å². The second-order valence-corrected chi connectivity index (χ2v) is 5.82. The van der Waals surface area contributed by atoms with Gasteiger partial charge in [-0.1, -0.05) is 39.1 Å². The van der Waals surface area contributed by atoms with E-state index in [4.69, 9.17) is 27.9 Å². The first-order valence-corrected chi connectivity index (χ1v) is 7.37. The van der Waals surface area contributed by atoms with Gasteiger partial charge >= 0.3 is 0 Å².